The molecule has 0 amide bonds. The molecule has 4 heteroatoms. The first kappa shape index (κ1) is 9.94. The number of allylic oxidation sites excluding steroid dienone is 2. The fourth-order valence-corrected chi connectivity index (χ4v) is 3.06. The van der Waals surface area contributed by atoms with Gasteiger partial charge in [0.25, 0.3) is 0 Å². The molecule has 76 valence electrons. The Labute approximate surface area is 92.3 Å². The summed E-state index contributed by atoms with van der Waals surface area (Å²) in [7, 11) is 0. The van der Waals surface area contributed by atoms with Crippen molar-refractivity contribution in [1.29, 1.82) is 10.7 Å². The van der Waals surface area contributed by atoms with E-state index < -0.39 is 0 Å². The SMILES string of the molecule is C/C=C1\C(=N)CCc2c1sc(N)c2C#N. The summed E-state index contributed by atoms with van der Waals surface area (Å²) in [6.45, 7) is 1.92. The van der Waals surface area contributed by atoms with Gasteiger partial charge >= 0.3 is 0 Å². The molecule has 3 N–H and O–H groups in total. The number of thiophene rings is 1. The maximum absolute atomic E-state index is 8.99. The summed E-state index contributed by atoms with van der Waals surface area (Å²) < 4.78 is 0. The Kier molecular flexibility index (Phi) is 2.33. The first-order valence-electron chi connectivity index (χ1n) is 4.74. The van der Waals surface area contributed by atoms with Gasteiger partial charge in [-0.3, -0.25) is 0 Å². The normalized spacial score (nSPS) is 17.6. The third kappa shape index (κ3) is 1.36. The first-order valence-corrected chi connectivity index (χ1v) is 5.56. The molecule has 2 rings (SSSR count). The van der Waals surface area contributed by atoms with Gasteiger partial charge in [-0.2, -0.15) is 5.26 Å². The Balaban J connectivity index is 2.68. The lowest BCUT2D eigenvalue weighted by Crippen LogP contribution is -2.10. The highest BCUT2D eigenvalue weighted by molar-refractivity contribution is 7.17. The zero-order valence-electron chi connectivity index (χ0n) is 8.42. The number of hydrogen-bond donors (Lipinski definition) is 2. The van der Waals surface area contributed by atoms with E-state index in [0.29, 0.717) is 22.7 Å². The number of hydrogen-bond acceptors (Lipinski definition) is 4. The van der Waals surface area contributed by atoms with Crippen molar-refractivity contribution in [3.63, 3.8) is 0 Å². The molecule has 0 saturated heterocycles. The van der Waals surface area contributed by atoms with Crippen molar-refractivity contribution >= 4 is 27.6 Å². The molecule has 0 aliphatic heterocycles. The van der Waals surface area contributed by atoms with Crippen molar-refractivity contribution in [3.05, 3.63) is 22.1 Å². The van der Waals surface area contributed by atoms with E-state index in [1.165, 1.54) is 11.3 Å². The van der Waals surface area contributed by atoms with Gasteiger partial charge in [-0.25, -0.2) is 0 Å². The highest BCUT2D eigenvalue weighted by atomic mass is 32.1. The Hall–Kier alpha value is -1.60. The largest absolute Gasteiger partial charge is 0.389 e. The molecule has 0 atom stereocenters. The summed E-state index contributed by atoms with van der Waals surface area (Å²) in [5, 5.41) is 17.4. The standard InChI is InChI=1S/C11H11N3S/c1-2-6-9(13)4-3-7-8(5-12)11(14)15-10(6)7/h2,13H,3-4,14H2,1H3/b6-2+,13-9?. The Morgan fingerprint density at radius 3 is 2.87 bits per heavy atom. The number of nitriles is 1. The zero-order chi connectivity index (χ0) is 11.0. The monoisotopic (exact) mass is 217 g/mol. The number of nitrogens with zero attached hydrogens (tertiary/aromatic N) is 1. The van der Waals surface area contributed by atoms with E-state index in [0.717, 1.165) is 22.4 Å². The van der Waals surface area contributed by atoms with Crippen LogP contribution in [0.3, 0.4) is 0 Å². The van der Waals surface area contributed by atoms with Crippen LogP contribution in [0.5, 0.6) is 0 Å². The number of rotatable bonds is 0. The molecule has 0 radical (unpaired) electrons. The Morgan fingerprint density at radius 2 is 2.27 bits per heavy atom. The molecule has 1 aromatic rings. The van der Waals surface area contributed by atoms with Gasteiger partial charge in [0.05, 0.1) is 5.56 Å². The molecule has 1 aliphatic carbocycles. The predicted octanol–water partition coefficient (Wildman–Crippen LogP) is 2.57. The van der Waals surface area contributed by atoms with Crippen LogP contribution in [-0.4, -0.2) is 5.71 Å². The number of fused-ring (bicyclic) bond motifs is 1. The summed E-state index contributed by atoms with van der Waals surface area (Å²) in [6.07, 6.45) is 3.40. The molecular formula is C11H11N3S. The molecule has 0 saturated carbocycles. The molecule has 1 aromatic heterocycles. The van der Waals surface area contributed by atoms with Crippen molar-refractivity contribution in [2.75, 3.05) is 5.73 Å². The average Bonchev–Trinajstić information content (AvgIpc) is 2.53. The molecule has 0 bridgehead atoms. The summed E-state index contributed by atoms with van der Waals surface area (Å²) in [5.41, 5.74) is 9.02. The van der Waals surface area contributed by atoms with E-state index in [-0.39, 0.29) is 0 Å². The maximum Gasteiger partial charge on any atom is 0.105 e. The molecule has 3 nitrogen and oxygen atoms in total. The fraction of sp³-hybridized carbons (Fsp3) is 0.273. The summed E-state index contributed by atoms with van der Waals surface area (Å²) in [6, 6.07) is 2.15. The smallest absolute Gasteiger partial charge is 0.105 e. The molecule has 0 spiro atoms. The quantitative estimate of drug-likeness (QED) is 0.701. The van der Waals surface area contributed by atoms with Gasteiger partial charge in [0.1, 0.15) is 11.1 Å². The van der Waals surface area contributed by atoms with Crippen molar-refractivity contribution < 1.29 is 0 Å². The van der Waals surface area contributed by atoms with Crippen molar-refractivity contribution in [2.45, 2.75) is 19.8 Å². The molecule has 0 aromatic carbocycles. The fourth-order valence-electron chi connectivity index (χ4n) is 1.89. The first-order chi connectivity index (χ1) is 7.19. The topological polar surface area (TPSA) is 73.7 Å². The van der Waals surface area contributed by atoms with E-state index in [2.05, 4.69) is 6.07 Å². The molecule has 15 heavy (non-hydrogen) atoms. The highest BCUT2D eigenvalue weighted by Gasteiger charge is 2.25. The van der Waals surface area contributed by atoms with Gasteiger partial charge in [0.2, 0.25) is 0 Å². The third-order valence-corrected chi connectivity index (χ3v) is 3.72. The van der Waals surface area contributed by atoms with Crippen molar-refractivity contribution in [3.8, 4) is 6.07 Å². The van der Waals surface area contributed by atoms with Gasteiger partial charge in [0, 0.05) is 16.2 Å². The number of nitrogens with one attached hydrogen (secondary N) is 1. The molecule has 0 fully saturated rings. The van der Waals surface area contributed by atoms with Gasteiger partial charge in [-0.1, -0.05) is 6.08 Å². The summed E-state index contributed by atoms with van der Waals surface area (Å²) in [5.74, 6) is 0. The lowest BCUT2D eigenvalue weighted by molar-refractivity contribution is 1.02. The Bertz CT molecular complexity index is 503. The van der Waals surface area contributed by atoms with E-state index in [9.17, 15) is 0 Å². The predicted molar refractivity (Wildman–Crippen MR) is 63.1 cm³/mol. The summed E-state index contributed by atoms with van der Waals surface area (Å²) >= 11 is 1.42. The average molecular weight is 217 g/mol. The van der Waals surface area contributed by atoms with Crippen LogP contribution >= 0.6 is 11.3 Å². The van der Waals surface area contributed by atoms with Crippen LogP contribution in [0.2, 0.25) is 0 Å². The maximum atomic E-state index is 8.99. The highest BCUT2D eigenvalue weighted by Crippen LogP contribution is 2.39. The third-order valence-electron chi connectivity index (χ3n) is 2.63. The minimum Gasteiger partial charge on any atom is -0.389 e. The van der Waals surface area contributed by atoms with Crippen LogP contribution in [0.15, 0.2) is 6.08 Å². The number of anilines is 1. The zero-order valence-corrected chi connectivity index (χ0v) is 9.24. The van der Waals surface area contributed by atoms with Crippen molar-refractivity contribution in [2.24, 2.45) is 0 Å². The number of nitrogen functional groups attached to an aromatic ring is 1. The van der Waals surface area contributed by atoms with Crippen LogP contribution in [0.25, 0.3) is 5.57 Å². The second kappa shape index (κ2) is 3.52. The van der Waals surface area contributed by atoms with E-state index in [1.54, 1.807) is 0 Å². The molecular weight excluding hydrogens is 206 g/mol. The second-order valence-electron chi connectivity index (χ2n) is 3.44. The van der Waals surface area contributed by atoms with Gasteiger partial charge in [0.15, 0.2) is 0 Å². The summed E-state index contributed by atoms with van der Waals surface area (Å²) in [4.78, 5) is 1.02. The lowest BCUT2D eigenvalue weighted by atomic mass is 9.90. The van der Waals surface area contributed by atoms with Gasteiger partial charge < -0.3 is 11.1 Å². The van der Waals surface area contributed by atoms with Gasteiger partial charge in [-0.05, 0) is 25.3 Å². The van der Waals surface area contributed by atoms with E-state index in [4.69, 9.17) is 16.4 Å². The van der Waals surface area contributed by atoms with E-state index >= 15 is 0 Å². The van der Waals surface area contributed by atoms with Crippen LogP contribution in [-0.2, 0) is 6.42 Å². The van der Waals surface area contributed by atoms with Gasteiger partial charge in [-0.15, -0.1) is 11.3 Å². The Morgan fingerprint density at radius 1 is 1.53 bits per heavy atom. The molecule has 1 heterocycles. The number of nitrogens with two attached hydrogens (primary N) is 1. The van der Waals surface area contributed by atoms with Crippen LogP contribution < -0.4 is 5.73 Å². The van der Waals surface area contributed by atoms with E-state index in [1.807, 2.05) is 13.0 Å². The minimum absolute atomic E-state index is 0.580. The van der Waals surface area contributed by atoms with Crippen LogP contribution in [0, 0.1) is 16.7 Å². The van der Waals surface area contributed by atoms with Crippen LogP contribution in [0.4, 0.5) is 5.00 Å². The lowest BCUT2D eigenvalue weighted by Gasteiger charge is -2.15. The van der Waals surface area contributed by atoms with Crippen LogP contribution in [0.1, 0.15) is 29.3 Å². The molecule has 1 aliphatic rings. The molecule has 0 unspecified atom stereocenters. The minimum atomic E-state index is 0.580. The van der Waals surface area contributed by atoms with Crippen molar-refractivity contribution in [1.82, 2.24) is 0 Å². The second-order valence-corrected chi connectivity index (χ2v) is 4.49.